The summed E-state index contributed by atoms with van der Waals surface area (Å²) in [6.07, 6.45) is 2.69. The van der Waals surface area contributed by atoms with E-state index < -0.39 is 0 Å². The fraction of sp³-hybridized carbons (Fsp3) is 0.474. The molecule has 1 aromatic carbocycles. The molecular formula is C19H24N4O. The van der Waals surface area contributed by atoms with Crippen LogP contribution in [0.4, 0.5) is 11.4 Å². The molecule has 5 nitrogen and oxygen atoms in total. The Balaban J connectivity index is 1.66. The highest BCUT2D eigenvalue weighted by atomic mass is 16.2. The van der Waals surface area contributed by atoms with Gasteiger partial charge < -0.3 is 9.80 Å². The minimum absolute atomic E-state index is 0.0518. The van der Waals surface area contributed by atoms with Crippen molar-refractivity contribution < 1.29 is 4.79 Å². The third-order valence-electron chi connectivity index (χ3n) is 4.95. The largest absolute Gasteiger partial charge is 0.368 e. The first-order valence-electron chi connectivity index (χ1n) is 8.87. The van der Waals surface area contributed by atoms with Gasteiger partial charge in [0, 0.05) is 26.2 Å². The second kappa shape index (κ2) is 5.96. The number of hydrogen-bond acceptors (Lipinski definition) is 3. The quantitative estimate of drug-likeness (QED) is 0.868. The van der Waals surface area contributed by atoms with Crippen LogP contribution in [0.5, 0.6) is 0 Å². The van der Waals surface area contributed by atoms with Gasteiger partial charge in [-0.2, -0.15) is 5.10 Å². The van der Waals surface area contributed by atoms with Crippen LogP contribution in [0.25, 0.3) is 0 Å². The summed E-state index contributed by atoms with van der Waals surface area (Å²) in [5, 5.41) is 4.42. The molecule has 0 unspecified atom stereocenters. The molecule has 0 saturated heterocycles. The monoisotopic (exact) mass is 324 g/mol. The highest BCUT2D eigenvalue weighted by Crippen LogP contribution is 2.37. The molecule has 1 aromatic heterocycles. The zero-order chi connectivity index (χ0) is 16.7. The number of carbonyl (C=O) groups is 1. The third kappa shape index (κ3) is 2.68. The lowest BCUT2D eigenvalue weighted by Gasteiger charge is -2.37. The molecule has 0 bridgehead atoms. The fourth-order valence-corrected chi connectivity index (χ4v) is 3.53. The molecule has 0 atom stereocenters. The Kier molecular flexibility index (Phi) is 3.79. The van der Waals surface area contributed by atoms with E-state index >= 15 is 0 Å². The van der Waals surface area contributed by atoms with Crippen molar-refractivity contribution >= 4 is 17.3 Å². The fourth-order valence-electron chi connectivity index (χ4n) is 3.53. The lowest BCUT2D eigenvalue weighted by atomic mass is 10.1. The van der Waals surface area contributed by atoms with Gasteiger partial charge in [-0.3, -0.25) is 9.48 Å². The van der Waals surface area contributed by atoms with E-state index in [0.29, 0.717) is 12.2 Å². The average Bonchev–Trinajstić information content (AvgIpc) is 3.34. The summed E-state index contributed by atoms with van der Waals surface area (Å²) in [7, 11) is 0. The minimum Gasteiger partial charge on any atom is -0.368 e. The molecule has 126 valence electrons. The van der Waals surface area contributed by atoms with Crippen LogP contribution in [0.1, 0.15) is 35.9 Å². The van der Waals surface area contributed by atoms with E-state index in [1.165, 1.54) is 18.5 Å². The summed E-state index contributed by atoms with van der Waals surface area (Å²) in [5.41, 5.74) is 3.78. The molecule has 4 rings (SSSR count). The number of anilines is 2. The van der Waals surface area contributed by atoms with Crippen LogP contribution in [-0.2, 0) is 6.54 Å². The lowest BCUT2D eigenvalue weighted by Crippen LogP contribution is -2.45. The number of benzene rings is 1. The predicted octanol–water partition coefficient (Wildman–Crippen LogP) is 3.09. The Morgan fingerprint density at radius 3 is 2.67 bits per heavy atom. The number of nitrogens with zero attached hydrogens (tertiary/aromatic N) is 4. The number of fused-ring (bicyclic) bond motifs is 1. The van der Waals surface area contributed by atoms with Gasteiger partial charge in [-0.05, 0) is 50.8 Å². The Hall–Kier alpha value is -2.30. The zero-order valence-corrected chi connectivity index (χ0v) is 14.4. The predicted molar refractivity (Wildman–Crippen MR) is 95.7 cm³/mol. The first-order chi connectivity index (χ1) is 11.7. The van der Waals surface area contributed by atoms with Gasteiger partial charge in [0.2, 0.25) is 0 Å². The van der Waals surface area contributed by atoms with E-state index in [1.54, 1.807) is 4.68 Å². The normalized spacial score (nSPS) is 17.1. The number of para-hydroxylation sites is 2. The van der Waals surface area contributed by atoms with Crippen molar-refractivity contribution in [2.24, 2.45) is 5.92 Å². The van der Waals surface area contributed by atoms with E-state index in [9.17, 15) is 4.79 Å². The lowest BCUT2D eigenvalue weighted by molar-refractivity contribution is 0.0976. The van der Waals surface area contributed by atoms with Gasteiger partial charge in [0.25, 0.3) is 5.91 Å². The maximum Gasteiger partial charge on any atom is 0.276 e. The van der Waals surface area contributed by atoms with Crippen LogP contribution in [0.3, 0.4) is 0 Å². The molecule has 1 aliphatic carbocycles. The van der Waals surface area contributed by atoms with Crippen molar-refractivity contribution in [2.75, 3.05) is 29.4 Å². The Bertz CT molecular complexity index is 762. The van der Waals surface area contributed by atoms with Crippen molar-refractivity contribution in [1.82, 2.24) is 9.78 Å². The third-order valence-corrected chi connectivity index (χ3v) is 4.95. The number of aromatic nitrogens is 2. The van der Waals surface area contributed by atoms with Gasteiger partial charge in [-0.1, -0.05) is 12.1 Å². The summed E-state index contributed by atoms with van der Waals surface area (Å²) < 4.78 is 1.80. The van der Waals surface area contributed by atoms with Gasteiger partial charge in [-0.25, -0.2) is 0 Å². The van der Waals surface area contributed by atoms with E-state index in [2.05, 4.69) is 28.2 Å². The Morgan fingerprint density at radius 2 is 1.96 bits per heavy atom. The maximum atomic E-state index is 13.1. The van der Waals surface area contributed by atoms with Crippen molar-refractivity contribution in [3.8, 4) is 0 Å². The van der Waals surface area contributed by atoms with Gasteiger partial charge in [0.1, 0.15) is 5.69 Å². The summed E-state index contributed by atoms with van der Waals surface area (Å²) in [6, 6.07) is 10.2. The molecule has 1 aliphatic heterocycles. The summed E-state index contributed by atoms with van der Waals surface area (Å²) >= 11 is 0. The summed E-state index contributed by atoms with van der Waals surface area (Å²) in [5.74, 6) is 0.889. The van der Waals surface area contributed by atoms with Crippen LogP contribution in [-0.4, -0.2) is 35.3 Å². The number of hydrogen-bond donors (Lipinski definition) is 0. The van der Waals surface area contributed by atoms with Gasteiger partial charge >= 0.3 is 0 Å². The number of amides is 1. The number of rotatable bonds is 4. The van der Waals surface area contributed by atoms with E-state index in [0.717, 1.165) is 36.9 Å². The topological polar surface area (TPSA) is 41.4 Å². The molecule has 0 radical (unpaired) electrons. The molecule has 24 heavy (non-hydrogen) atoms. The standard InChI is InChI=1S/C19H24N4O/c1-3-23-18(12-14(2)20-23)19(24)22-11-10-21(13-15-8-9-15)16-6-4-5-7-17(16)22/h4-7,12,15H,3,8-11,13H2,1-2H3. The van der Waals surface area contributed by atoms with Crippen LogP contribution in [0.2, 0.25) is 0 Å². The summed E-state index contributed by atoms with van der Waals surface area (Å²) in [6.45, 7) is 7.41. The molecule has 2 aliphatic rings. The Labute approximate surface area is 142 Å². The Morgan fingerprint density at radius 1 is 1.21 bits per heavy atom. The highest BCUT2D eigenvalue weighted by molar-refractivity contribution is 6.07. The van der Waals surface area contributed by atoms with Crippen molar-refractivity contribution in [3.05, 3.63) is 41.7 Å². The van der Waals surface area contributed by atoms with Crippen molar-refractivity contribution in [1.29, 1.82) is 0 Å². The first kappa shape index (κ1) is 15.2. The molecule has 1 fully saturated rings. The van der Waals surface area contributed by atoms with Gasteiger partial charge in [0.15, 0.2) is 0 Å². The summed E-state index contributed by atoms with van der Waals surface area (Å²) in [4.78, 5) is 17.5. The number of carbonyl (C=O) groups excluding carboxylic acids is 1. The molecular weight excluding hydrogens is 300 g/mol. The van der Waals surface area contributed by atoms with Crippen LogP contribution in [0, 0.1) is 12.8 Å². The zero-order valence-electron chi connectivity index (χ0n) is 14.4. The van der Waals surface area contributed by atoms with Gasteiger partial charge in [0.05, 0.1) is 17.1 Å². The van der Waals surface area contributed by atoms with Crippen LogP contribution >= 0.6 is 0 Å². The van der Waals surface area contributed by atoms with E-state index in [4.69, 9.17) is 0 Å². The molecule has 0 spiro atoms. The first-order valence-corrected chi connectivity index (χ1v) is 8.87. The van der Waals surface area contributed by atoms with Crippen molar-refractivity contribution in [3.63, 3.8) is 0 Å². The van der Waals surface area contributed by atoms with Gasteiger partial charge in [-0.15, -0.1) is 0 Å². The molecule has 0 N–H and O–H groups in total. The number of aryl methyl sites for hydroxylation is 2. The maximum absolute atomic E-state index is 13.1. The molecule has 2 aromatic rings. The average molecular weight is 324 g/mol. The van der Waals surface area contributed by atoms with E-state index in [-0.39, 0.29) is 5.91 Å². The second-order valence-electron chi connectivity index (χ2n) is 6.82. The van der Waals surface area contributed by atoms with E-state index in [1.807, 2.05) is 30.9 Å². The van der Waals surface area contributed by atoms with Crippen molar-refractivity contribution in [2.45, 2.75) is 33.2 Å². The highest BCUT2D eigenvalue weighted by Gasteiger charge is 2.32. The smallest absolute Gasteiger partial charge is 0.276 e. The molecule has 2 heterocycles. The van der Waals surface area contributed by atoms with Crippen LogP contribution < -0.4 is 9.80 Å². The molecule has 1 amide bonds. The molecule has 1 saturated carbocycles. The SMILES string of the molecule is CCn1nc(C)cc1C(=O)N1CCN(CC2CC2)c2ccccc21. The molecule has 5 heteroatoms. The second-order valence-corrected chi connectivity index (χ2v) is 6.82. The van der Waals surface area contributed by atoms with Crippen LogP contribution in [0.15, 0.2) is 30.3 Å². The minimum atomic E-state index is 0.0518.